The highest BCUT2D eigenvalue weighted by Gasteiger charge is 2.42. The number of guanidine groups is 1. The molecule has 18 N–H and O–H groups in total. The van der Waals surface area contributed by atoms with Gasteiger partial charge in [-0.3, -0.25) is 39.0 Å². The first-order chi connectivity index (χ1) is 42.9. The quantitative estimate of drug-likeness (QED) is 0.0148. The van der Waals surface area contributed by atoms with Crippen LogP contribution in [0.3, 0.4) is 0 Å². The molecule has 0 aliphatic carbocycles. The summed E-state index contributed by atoms with van der Waals surface area (Å²) in [4.78, 5) is 121. The lowest BCUT2D eigenvalue weighted by Crippen LogP contribution is -2.62. The van der Waals surface area contributed by atoms with Gasteiger partial charge in [-0.1, -0.05) is 76.8 Å². The molecule has 29 nitrogen and oxygen atoms in total. The van der Waals surface area contributed by atoms with E-state index in [0.29, 0.717) is 68.0 Å². The maximum Gasteiger partial charge on any atom is 0.326 e. The normalized spacial score (nSPS) is 16.5. The molecule has 3 rings (SSSR count). The van der Waals surface area contributed by atoms with Crippen LogP contribution >= 0.6 is 0 Å². The van der Waals surface area contributed by atoms with Gasteiger partial charge in [-0.2, -0.15) is 0 Å². The molecular weight excluding hydrogens is 1170 g/mol. The van der Waals surface area contributed by atoms with Crippen molar-refractivity contribution in [3.8, 4) is 5.75 Å². The number of aliphatic carboxylic acids is 1. The average molecular weight is 1280 g/mol. The lowest BCUT2D eigenvalue weighted by Gasteiger charge is -2.32. The lowest BCUT2D eigenvalue weighted by molar-refractivity contribution is -0.146. The van der Waals surface area contributed by atoms with Gasteiger partial charge in [0.25, 0.3) is 0 Å². The Morgan fingerprint density at radius 3 is 1.80 bits per heavy atom. The van der Waals surface area contributed by atoms with E-state index in [9.17, 15) is 59.0 Å². The first-order valence-electron chi connectivity index (χ1n) is 31.7. The number of aromatic nitrogens is 2. The van der Waals surface area contributed by atoms with Gasteiger partial charge in [0.05, 0.1) is 35.4 Å². The number of aromatic amines is 1. The Balaban J connectivity index is 1.87. The van der Waals surface area contributed by atoms with Crippen molar-refractivity contribution in [2.75, 3.05) is 39.3 Å². The second-order valence-corrected chi connectivity index (χ2v) is 25.3. The molecule has 2 heterocycles. The van der Waals surface area contributed by atoms with E-state index in [-0.39, 0.29) is 69.4 Å². The summed E-state index contributed by atoms with van der Waals surface area (Å²) in [6.45, 7) is 23.4. The van der Waals surface area contributed by atoms with Crippen molar-refractivity contribution in [1.82, 2.24) is 68.0 Å². The monoisotopic (exact) mass is 1280 g/mol. The summed E-state index contributed by atoms with van der Waals surface area (Å²) >= 11 is 0. The molecule has 29 heteroatoms. The Hall–Kier alpha value is -7.92. The van der Waals surface area contributed by atoms with Gasteiger partial charge >= 0.3 is 5.97 Å². The van der Waals surface area contributed by atoms with Crippen LogP contribution in [0, 0.1) is 29.1 Å². The highest BCUT2D eigenvalue weighted by atomic mass is 16.4. The van der Waals surface area contributed by atoms with E-state index in [1.807, 2.05) is 27.7 Å². The molecule has 2 unspecified atom stereocenters. The fraction of sp³-hybridized carbons (Fsp3) is 0.677. The van der Waals surface area contributed by atoms with E-state index in [0.717, 1.165) is 12.8 Å². The molecule has 510 valence electrons. The molecule has 1 aromatic carbocycles. The van der Waals surface area contributed by atoms with Gasteiger partial charge in [0, 0.05) is 37.8 Å². The maximum atomic E-state index is 14.8. The zero-order valence-corrected chi connectivity index (χ0v) is 55.3. The number of likely N-dealkylation sites (tertiary alicyclic amines) is 1. The Labute approximate surface area is 535 Å². The summed E-state index contributed by atoms with van der Waals surface area (Å²) in [5, 5.41) is 82.6. The molecule has 0 bridgehead atoms. The van der Waals surface area contributed by atoms with Crippen LogP contribution in [-0.4, -0.2) is 193 Å². The molecule has 7 amide bonds. The number of H-pyrrole nitrogens is 1. The van der Waals surface area contributed by atoms with Crippen molar-refractivity contribution in [1.29, 1.82) is 5.41 Å². The number of rotatable bonds is 41. The third kappa shape index (κ3) is 25.7. The van der Waals surface area contributed by atoms with Gasteiger partial charge in [0.2, 0.25) is 41.4 Å². The van der Waals surface area contributed by atoms with Gasteiger partial charge in [-0.05, 0) is 147 Å². The van der Waals surface area contributed by atoms with Gasteiger partial charge in [-0.15, -0.1) is 0 Å². The number of hydrogen-bond donors (Lipinski definition) is 17. The lowest BCUT2D eigenvalue weighted by atomic mass is 9.94. The number of phenols is 1. The summed E-state index contributed by atoms with van der Waals surface area (Å²) in [7, 11) is 0. The number of oxime groups is 2. The molecule has 9 atom stereocenters. The Bertz CT molecular complexity index is 2710. The summed E-state index contributed by atoms with van der Waals surface area (Å²) in [6, 6.07) is -2.73. The maximum absolute atomic E-state index is 14.8. The van der Waals surface area contributed by atoms with Crippen LogP contribution in [0.15, 0.2) is 47.1 Å². The number of benzene rings is 1. The van der Waals surface area contributed by atoms with Crippen LogP contribution in [-0.2, 0) is 51.2 Å². The van der Waals surface area contributed by atoms with Gasteiger partial charge < -0.3 is 89.4 Å². The molecular formula is C62H105N17O12. The van der Waals surface area contributed by atoms with E-state index in [1.54, 1.807) is 67.5 Å². The Morgan fingerprint density at radius 2 is 1.26 bits per heavy atom. The second-order valence-electron chi connectivity index (χ2n) is 25.3. The number of carboxylic acid groups (broad SMARTS) is 1. The molecule has 0 spiro atoms. The highest BCUT2D eigenvalue weighted by Crippen LogP contribution is 2.23. The number of carboxylic acids is 1. The molecule has 0 radical (unpaired) electrons. The summed E-state index contributed by atoms with van der Waals surface area (Å²) in [6.07, 6.45) is 6.65. The highest BCUT2D eigenvalue weighted by molar-refractivity contribution is 5.98. The number of nitrogens with zero attached hydrogens (tertiary/aromatic N) is 4. The van der Waals surface area contributed by atoms with E-state index in [4.69, 9.17) is 11.1 Å². The second kappa shape index (κ2) is 38.1. The molecule has 1 fully saturated rings. The predicted octanol–water partition coefficient (Wildman–Crippen LogP) is 1.71. The number of aromatic hydroxyl groups is 1. The van der Waals surface area contributed by atoms with E-state index in [2.05, 4.69) is 73.4 Å². The third-order valence-corrected chi connectivity index (χ3v) is 17.3. The topological polar surface area (TPSA) is 444 Å². The molecule has 1 aromatic heterocycles. The molecule has 1 aliphatic rings. The standard InChI is InChI=1S/C62H105N17O12/c1-13-37(5)51(57(86)73-47(32-43-33-66-35-68-43)58(87)79-30-16-18-48(79)55(84)76-52(59(88)89)38(6)14-2)75-54(83)46(31-42-19-21-44(80)22-20-42)72-56(85)50(36(3)4)74-53(82)45(17-15-26-67-60(63)64)71-49(81)34-65-27-23-41(24-28-69-61(9,10)39(7)77-90)25-29-70-62(11,12)40(8)78-91/h19-22,33,35-38,41,45-48,50-52,65,69-70,80,90-91H,13-18,23-32,34H2,1-12H3,(H,66,68)(H,71,81)(H,72,85)(H,73,86)(H,74,82)(H,75,83)(H,76,84)(H,88,89)(H4,63,64,67)/b77-39-,78-40-/t37?,38?,45-,46-,47-,48-,50-,51-,52-/m0/s1. The molecule has 91 heavy (non-hydrogen) atoms. The van der Waals surface area contributed by atoms with Gasteiger partial charge in [-0.25, -0.2) is 9.78 Å². The zero-order valence-electron chi connectivity index (χ0n) is 55.3. The zero-order chi connectivity index (χ0) is 68.2. The fourth-order valence-corrected chi connectivity index (χ4v) is 10.3. The van der Waals surface area contributed by atoms with E-state index in [1.165, 1.54) is 29.6 Å². The summed E-state index contributed by atoms with van der Waals surface area (Å²) in [5.74, 6) is -7.74. The number of amides is 7. The van der Waals surface area contributed by atoms with Crippen LogP contribution in [0.5, 0.6) is 5.75 Å². The van der Waals surface area contributed by atoms with Crippen LogP contribution in [0.25, 0.3) is 0 Å². The van der Waals surface area contributed by atoms with E-state index >= 15 is 0 Å². The average Bonchev–Trinajstić information content (AvgIpc) is 1.95. The summed E-state index contributed by atoms with van der Waals surface area (Å²) < 4.78 is 0. The Kier molecular flexibility index (Phi) is 32.3. The number of phenolic OH excluding ortho intramolecular Hbond substituents is 1. The molecule has 1 saturated heterocycles. The number of carbonyl (C=O) groups excluding carboxylic acids is 7. The summed E-state index contributed by atoms with van der Waals surface area (Å²) in [5.41, 5.74) is 6.44. The van der Waals surface area contributed by atoms with Crippen molar-refractivity contribution in [2.24, 2.45) is 39.7 Å². The SMILES string of the molecule is CCC(C)[C@H](NC(=O)[C@@H]1CCCN1C(=O)[C@H](Cc1cnc[nH]1)NC(=O)[C@@H](NC(=O)[C@H](Cc1ccc(O)cc1)NC(=O)[C@@H](NC(=O)[C@H](CCCNC(=N)N)NC(=O)CNCCC(CCNC(C)(C)/C(C)=N\O)CCNC(C)(C)/C(C)=N\O)C(C)C)C(C)CC)C(=O)O. The largest absolute Gasteiger partial charge is 0.508 e. The molecule has 1 aliphatic heterocycles. The Morgan fingerprint density at radius 1 is 0.714 bits per heavy atom. The third-order valence-electron chi connectivity index (χ3n) is 17.3. The predicted molar refractivity (Wildman–Crippen MR) is 345 cm³/mol. The first kappa shape index (κ1) is 77.3. The van der Waals surface area contributed by atoms with Crippen LogP contribution in [0.1, 0.15) is 152 Å². The number of hydrogen-bond acceptors (Lipinski definition) is 18. The fourth-order valence-electron chi connectivity index (χ4n) is 10.3. The van der Waals surface area contributed by atoms with Crippen molar-refractivity contribution in [3.63, 3.8) is 0 Å². The number of imidazole rings is 1. The van der Waals surface area contributed by atoms with Gasteiger partial charge in [0.15, 0.2) is 5.96 Å². The van der Waals surface area contributed by atoms with Gasteiger partial charge in [0.1, 0.15) is 48.0 Å². The van der Waals surface area contributed by atoms with Crippen LogP contribution < -0.4 is 58.9 Å². The molecule has 0 saturated carbocycles. The van der Waals surface area contributed by atoms with Crippen molar-refractivity contribution < 1.29 is 59.0 Å². The van der Waals surface area contributed by atoms with Crippen LogP contribution in [0.4, 0.5) is 0 Å². The smallest absolute Gasteiger partial charge is 0.326 e. The van der Waals surface area contributed by atoms with Crippen molar-refractivity contribution in [2.45, 2.75) is 207 Å². The minimum absolute atomic E-state index is 0.0556. The number of carbonyl (C=O) groups is 8. The minimum Gasteiger partial charge on any atom is -0.508 e. The van der Waals surface area contributed by atoms with E-state index < -0.39 is 118 Å². The minimum atomic E-state index is -1.40. The number of nitrogens with two attached hydrogens (primary N) is 1. The van der Waals surface area contributed by atoms with Crippen LogP contribution in [0.2, 0.25) is 0 Å². The molecule has 2 aromatic rings. The van der Waals surface area contributed by atoms with Crippen molar-refractivity contribution >= 4 is 64.7 Å². The first-order valence-corrected chi connectivity index (χ1v) is 31.7. The number of nitrogens with one attached hydrogen (secondary N) is 12. The van der Waals surface area contributed by atoms with Crippen molar-refractivity contribution in [3.05, 3.63) is 48.0 Å².